The molecule has 2 heterocycles. The molecule has 3 rings (SSSR count). The summed E-state index contributed by atoms with van der Waals surface area (Å²) in [7, 11) is 0. The number of rotatable bonds is 2. The number of carbonyl (C=O) groups is 1. The molecule has 0 unspecified atom stereocenters. The molecule has 0 radical (unpaired) electrons. The van der Waals surface area contributed by atoms with Gasteiger partial charge in [0.15, 0.2) is 5.82 Å². The molecule has 0 atom stereocenters. The molecule has 1 saturated carbocycles. The van der Waals surface area contributed by atoms with Crippen molar-refractivity contribution in [3.63, 3.8) is 0 Å². The molecule has 4 nitrogen and oxygen atoms in total. The molecule has 1 aromatic heterocycles. The fourth-order valence-corrected chi connectivity index (χ4v) is 2.48. The van der Waals surface area contributed by atoms with Gasteiger partial charge in [0.05, 0.1) is 5.56 Å². The Morgan fingerprint density at radius 2 is 1.89 bits per heavy atom. The van der Waals surface area contributed by atoms with Crippen LogP contribution in [0.2, 0.25) is 0 Å². The van der Waals surface area contributed by atoms with Crippen LogP contribution in [-0.4, -0.2) is 52.9 Å². The second-order valence-corrected chi connectivity index (χ2v) is 5.02. The molecule has 0 N–H and O–H groups in total. The highest BCUT2D eigenvalue weighted by Gasteiger charge is 2.33. The van der Waals surface area contributed by atoms with E-state index in [1.54, 1.807) is 4.90 Å². The van der Waals surface area contributed by atoms with Crippen molar-refractivity contribution in [3.8, 4) is 0 Å². The summed E-state index contributed by atoms with van der Waals surface area (Å²) in [6.45, 7) is 2.76. The largest absolute Gasteiger partial charge is 0.336 e. The van der Waals surface area contributed by atoms with Crippen LogP contribution in [0, 0.1) is 11.8 Å². The minimum atomic E-state index is -1.22. The highest BCUT2D eigenvalue weighted by molar-refractivity contribution is 5.94. The molecule has 1 amide bonds. The van der Waals surface area contributed by atoms with Gasteiger partial charge >= 0.3 is 0 Å². The summed E-state index contributed by atoms with van der Waals surface area (Å²) in [6, 6.07) is 1.90. The molecule has 0 bridgehead atoms. The fourth-order valence-electron chi connectivity index (χ4n) is 2.48. The SMILES string of the molecule is O=C(c1ccnc(F)c1F)N1CCN(C2CC2)CC1. The van der Waals surface area contributed by atoms with E-state index in [0.29, 0.717) is 19.1 Å². The van der Waals surface area contributed by atoms with Crippen LogP contribution in [0.4, 0.5) is 8.78 Å². The third-order valence-electron chi connectivity index (χ3n) is 3.74. The first-order valence-electron chi connectivity index (χ1n) is 6.50. The molecule has 2 aliphatic rings. The Bertz CT molecular complexity index is 497. The predicted octanol–water partition coefficient (Wildman–Crippen LogP) is 1.28. The third-order valence-corrected chi connectivity index (χ3v) is 3.74. The maximum absolute atomic E-state index is 13.5. The highest BCUT2D eigenvalue weighted by atomic mass is 19.2. The van der Waals surface area contributed by atoms with Crippen LogP contribution in [0.15, 0.2) is 12.3 Å². The van der Waals surface area contributed by atoms with E-state index in [0.717, 1.165) is 19.3 Å². The molecule has 0 aromatic carbocycles. The van der Waals surface area contributed by atoms with Gasteiger partial charge in [-0.3, -0.25) is 9.69 Å². The summed E-state index contributed by atoms with van der Waals surface area (Å²) >= 11 is 0. The van der Waals surface area contributed by atoms with Gasteiger partial charge in [-0.05, 0) is 18.9 Å². The Labute approximate surface area is 110 Å². The van der Waals surface area contributed by atoms with E-state index in [9.17, 15) is 13.6 Å². The van der Waals surface area contributed by atoms with Crippen molar-refractivity contribution in [2.45, 2.75) is 18.9 Å². The number of piperazine rings is 1. The summed E-state index contributed by atoms with van der Waals surface area (Å²) in [5.41, 5.74) is -0.229. The van der Waals surface area contributed by atoms with Gasteiger partial charge in [0, 0.05) is 38.4 Å². The van der Waals surface area contributed by atoms with E-state index in [1.165, 1.54) is 18.9 Å². The zero-order valence-electron chi connectivity index (χ0n) is 10.5. The van der Waals surface area contributed by atoms with Gasteiger partial charge in [-0.25, -0.2) is 9.37 Å². The van der Waals surface area contributed by atoms with Gasteiger partial charge < -0.3 is 4.90 Å². The van der Waals surface area contributed by atoms with Gasteiger partial charge in [-0.2, -0.15) is 4.39 Å². The molecule has 0 spiro atoms. The summed E-state index contributed by atoms with van der Waals surface area (Å²) in [5, 5.41) is 0. The Balaban J connectivity index is 1.69. The average molecular weight is 267 g/mol. The van der Waals surface area contributed by atoms with E-state index >= 15 is 0 Å². The quantitative estimate of drug-likeness (QED) is 0.757. The Morgan fingerprint density at radius 3 is 2.53 bits per heavy atom. The van der Waals surface area contributed by atoms with Crippen molar-refractivity contribution in [2.24, 2.45) is 0 Å². The third kappa shape index (κ3) is 2.45. The van der Waals surface area contributed by atoms with E-state index < -0.39 is 17.7 Å². The first-order valence-corrected chi connectivity index (χ1v) is 6.50. The Kier molecular flexibility index (Phi) is 3.18. The highest BCUT2D eigenvalue weighted by Crippen LogP contribution is 2.27. The van der Waals surface area contributed by atoms with Gasteiger partial charge in [0.25, 0.3) is 5.91 Å². The molecule has 1 aliphatic heterocycles. The van der Waals surface area contributed by atoms with Gasteiger partial charge in [-0.15, -0.1) is 0 Å². The fraction of sp³-hybridized carbons (Fsp3) is 0.538. The Morgan fingerprint density at radius 1 is 1.21 bits per heavy atom. The number of amides is 1. The maximum Gasteiger partial charge on any atom is 0.257 e. The monoisotopic (exact) mass is 267 g/mol. The smallest absolute Gasteiger partial charge is 0.257 e. The number of aromatic nitrogens is 1. The standard InChI is InChI=1S/C13H15F2N3O/c14-11-10(3-4-16-12(11)15)13(19)18-7-5-17(6-8-18)9-1-2-9/h3-4,9H,1-2,5-8H2. The molecule has 1 saturated heterocycles. The molecule has 1 aliphatic carbocycles. The minimum Gasteiger partial charge on any atom is -0.336 e. The lowest BCUT2D eigenvalue weighted by Gasteiger charge is -2.34. The van der Waals surface area contributed by atoms with Crippen LogP contribution >= 0.6 is 0 Å². The van der Waals surface area contributed by atoms with Crippen LogP contribution in [-0.2, 0) is 0 Å². The summed E-state index contributed by atoms with van der Waals surface area (Å²) in [6.07, 6.45) is 3.59. The molecule has 102 valence electrons. The second kappa shape index (κ2) is 4.85. The average Bonchev–Trinajstić information content (AvgIpc) is 3.26. The number of carbonyl (C=O) groups excluding carboxylic acids is 1. The molecule has 2 fully saturated rings. The minimum absolute atomic E-state index is 0.229. The topological polar surface area (TPSA) is 36.4 Å². The van der Waals surface area contributed by atoms with Crippen molar-refractivity contribution < 1.29 is 13.6 Å². The number of halogens is 2. The summed E-state index contributed by atoms with van der Waals surface area (Å²) in [5.74, 6) is -2.83. The molecular formula is C13H15F2N3O. The first kappa shape index (κ1) is 12.5. The van der Waals surface area contributed by atoms with Crippen molar-refractivity contribution in [3.05, 3.63) is 29.6 Å². The maximum atomic E-state index is 13.5. The Hall–Kier alpha value is -1.56. The van der Waals surface area contributed by atoms with Gasteiger partial charge in [0.2, 0.25) is 5.95 Å². The molecule has 1 aromatic rings. The van der Waals surface area contributed by atoms with Gasteiger partial charge in [0.1, 0.15) is 0 Å². The van der Waals surface area contributed by atoms with Crippen LogP contribution in [0.5, 0.6) is 0 Å². The van der Waals surface area contributed by atoms with E-state index in [-0.39, 0.29) is 5.56 Å². The zero-order valence-corrected chi connectivity index (χ0v) is 10.5. The van der Waals surface area contributed by atoms with Crippen LogP contribution in [0.1, 0.15) is 23.2 Å². The van der Waals surface area contributed by atoms with E-state index in [2.05, 4.69) is 9.88 Å². The number of hydrogen-bond donors (Lipinski definition) is 0. The lowest BCUT2D eigenvalue weighted by atomic mass is 10.2. The lowest BCUT2D eigenvalue weighted by molar-refractivity contribution is 0.0621. The summed E-state index contributed by atoms with van der Waals surface area (Å²) in [4.78, 5) is 19.3. The van der Waals surface area contributed by atoms with Crippen LogP contribution in [0.25, 0.3) is 0 Å². The molecule has 6 heteroatoms. The van der Waals surface area contributed by atoms with Crippen molar-refractivity contribution >= 4 is 5.91 Å². The van der Waals surface area contributed by atoms with E-state index in [1.807, 2.05) is 0 Å². The first-order chi connectivity index (χ1) is 9.16. The van der Waals surface area contributed by atoms with Gasteiger partial charge in [-0.1, -0.05) is 0 Å². The van der Waals surface area contributed by atoms with Crippen molar-refractivity contribution in [2.75, 3.05) is 26.2 Å². The lowest BCUT2D eigenvalue weighted by Crippen LogP contribution is -2.49. The van der Waals surface area contributed by atoms with Crippen LogP contribution in [0.3, 0.4) is 0 Å². The number of nitrogens with zero attached hydrogens (tertiary/aromatic N) is 3. The van der Waals surface area contributed by atoms with Crippen molar-refractivity contribution in [1.82, 2.24) is 14.8 Å². The molecular weight excluding hydrogens is 252 g/mol. The molecule has 19 heavy (non-hydrogen) atoms. The predicted molar refractivity (Wildman–Crippen MR) is 64.7 cm³/mol. The number of pyridine rings is 1. The van der Waals surface area contributed by atoms with E-state index in [4.69, 9.17) is 0 Å². The zero-order chi connectivity index (χ0) is 13.4. The van der Waals surface area contributed by atoms with Crippen LogP contribution < -0.4 is 0 Å². The normalized spacial score (nSPS) is 20.6. The van der Waals surface area contributed by atoms with Crippen molar-refractivity contribution in [1.29, 1.82) is 0 Å². The second-order valence-electron chi connectivity index (χ2n) is 5.02. The number of hydrogen-bond acceptors (Lipinski definition) is 3. The summed E-state index contributed by atoms with van der Waals surface area (Å²) < 4.78 is 26.5.